The van der Waals surface area contributed by atoms with Gasteiger partial charge in [-0.25, -0.2) is 9.69 Å². The van der Waals surface area contributed by atoms with Crippen molar-refractivity contribution in [3.05, 3.63) is 112 Å². The van der Waals surface area contributed by atoms with Crippen molar-refractivity contribution >= 4 is 45.5 Å². The third kappa shape index (κ3) is 4.18. The topological polar surface area (TPSA) is 71.4 Å². The Balaban J connectivity index is 1.68. The first-order chi connectivity index (χ1) is 17.3. The smallest absolute Gasteiger partial charge is 0.313 e. The van der Waals surface area contributed by atoms with Gasteiger partial charge in [0.05, 0.1) is 11.4 Å². The van der Waals surface area contributed by atoms with E-state index in [0.717, 1.165) is 37.6 Å². The summed E-state index contributed by atoms with van der Waals surface area (Å²) < 4.78 is 2.92. The quantitative estimate of drug-likeness (QED) is 0.248. The molecule has 178 valence electrons. The summed E-state index contributed by atoms with van der Waals surface area (Å²) >= 11 is 3.40. The van der Waals surface area contributed by atoms with Gasteiger partial charge in [-0.2, -0.15) is 0 Å². The fourth-order valence-electron chi connectivity index (χ4n) is 4.48. The molecule has 1 aromatic heterocycles. The first-order valence-corrected chi connectivity index (χ1v) is 12.2. The zero-order chi connectivity index (χ0) is 25.4. The van der Waals surface area contributed by atoms with Crippen LogP contribution in [-0.4, -0.2) is 22.4 Å². The largest absolute Gasteiger partial charge is 0.335 e. The van der Waals surface area contributed by atoms with Gasteiger partial charge in [0, 0.05) is 21.4 Å². The molecule has 0 spiro atoms. The monoisotopic (exact) mass is 539 g/mol. The molecule has 6 nitrogen and oxygen atoms in total. The Bertz CT molecular complexity index is 1540. The van der Waals surface area contributed by atoms with Crippen molar-refractivity contribution in [2.24, 2.45) is 0 Å². The fourth-order valence-corrected chi connectivity index (χ4v) is 4.95. The summed E-state index contributed by atoms with van der Waals surface area (Å²) in [7, 11) is 0. The minimum absolute atomic E-state index is 0.112. The molecule has 4 aromatic rings. The fraction of sp³-hybridized carbons (Fsp3) is 0.0690. The second-order valence-corrected chi connectivity index (χ2v) is 9.43. The van der Waals surface area contributed by atoms with E-state index in [1.807, 2.05) is 79.7 Å². The molecule has 4 amide bonds. The number of carbonyl (C=O) groups is 3. The number of urea groups is 1. The maximum atomic E-state index is 13.6. The van der Waals surface area contributed by atoms with Gasteiger partial charge in [0.25, 0.3) is 11.8 Å². The summed E-state index contributed by atoms with van der Waals surface area (Å²) in [6.07, 6.45) is 1.57. The van der Waals surface area contributed by atoms with E-state index in [4.69, 9.17) is 0 Å². The van der Waals surface area contributed by atoms with Crippen LogP contribution in [0.4, 0.5) is 10.5 Å². The summed E-state index contributed by atoms with van der Waals surface area (Å²) in [5.74, 6) is -1.39. The molecule has 1 aliphatic heterocycles. The van der Waals surface area contributed by atoms with E-state index < -0.39 is 17.8 Å². The maximum Gasteiger partial charge on any atom is 0.335 e. The molecule has 1 saturated heterocycles. The zero-order valence-electron chi connectivity index (χ0n) is 19.7. The third-order valence-electron chi connectivity index (χ3n) is 6.08. The van der Waals surface area contributed by atoms with Gasteiger partial charge in [-0.3, -0.25) is 14.9 Å². The van der Waals surface area contributed by atoms with Crippen LogP contribution >= 0.6 is 15.9 Å². The number of hydrogen-bond acceptors (Lipinski definition) is 3. The zero-order valence-corrected chi connectivity index (χ0v) is 21.2. The van der Waals surface area contributed by atoms with Gasteiger partial charge < -0.3 is 4.57 Å². The van der Waals surface area contributed by atoms with Gasteiger partial charge in [-0.1, -0.05) is 64.5 Å². The number of nitrogens with zero attached hydrogens (tertiary/aromatic N) is 2. The van der Waals surface area contributed by atoms with Gasteiger partial charge in [0.2, 0.25) is 0 Å². The van der Waals surface area contributed by atoms with Crippen molar-refractivity contribution in [1.82, 2.24) is 9.88 Å². The summed E-state index contributed by atoms with van der Waals surface area (Å²) in [5, 5.41) is 2.32. The predicted molar refractivity (Wildman–Crippen MR) is 144 cm³/mol. The van der Waals surface area contributed by atoms with Crippen LogP contribution in [0.1, 0.15) is 16.8 Å². The van der Waals surface area contributed by atoms with Crippen LogP contribution in [0.5, 0.6) is 0 Å². The molecule has 2 heterocycles. The second kappa shape index (κ2) is 9.43. The summed E-state index contributed by atoms with van der Waals surface area (Å²) in [6.45, 7) is 3.78. The molecule has 1 aliphatic rings. The highest BCUT2D eigenvalue weighted by atomic mass is 79.9. The normalized spacial score (nSPS) is 14.9. The number of imide groups is 2. The third-order valence-corrected chi connectivity index (χ3v) is 6.57. The van der Waals surface area contributed by atoms with E-state index in [1.54, 1.807) is 25.1 Å². The summed E-state index contributed by atoms with van der Waals surface area (Å²) in [5.41, 5.74) is 5.39. The molecular formula is C29H22BrN3O3. The van der Waals surface area contributed by atoms with Crippen LogP contribution in [0.3, 0.4) is 0 Å². The molecule has 0 unspecified atom stereocenters. The number of carbonyl (C=O) groups excluding carboxylic acids is 3. The van der Waals surface area contributed by atoms with Gasteiger partial charge in [0.1, 0.15) is 5.57 Å². The van der Waals surface area contributed by atoms with E-state index in [9.17, 15) is 14.4 Å². The highest BCUT2D eigenvalue weighted by Crippen LogP contribution is 2.34. The molecule has 0 aliphatic carbocycles. The number of hydrogen-bond donors (Lipinski definition) is 1. The standard InChI is InChI=1S/C29H22BrN3O3/c1-18-15-22(30)13-14-25(18)33-28(35)24(27(34)31-29(33)36)17-21-16-19(2)32(23-11-7-4-8-12-23)26(21)20-9-5-3-6-10-20/h3-17H,1-2H3,(H,31,34,36)/b24-17+. The van der Waals surface area contributed by atoms with Crippen LogP contribution < -0.4 is 10.2 Å². The molecular weight excluding hydrogens is 518 g/mol. The number of barbiturate groups is 1. The minimum Gasteiger partial charge on any atom is -0.313 e. The number of aromatic nitrogens is 1. The molecule has 0 radical (unpaired) electrons. The summed E-state index contributed by atoms with van der Waals surface area (Å²) in [4.78, 5) is 40.2. The molecule has 3 aromatic carbocycles. The molecule has 0 atom stereocenters. The van der Waals surface area contributed by atoms with E-state index >= 15 is 0 Å². The number of amides is 4. The van der Waals surface area contributed by atoms with E-state index in [1.165, 1.54) is 0 Å². The SMILES string of the molecule is Cc1cc(Br)ccc1N1C(=O)NC(=O)/C(=C\c2cc(C)n(-c3ccccc3)c2-c2ccccc2)C1=O. The average Bonchev–Trinajstić information content (AvgIpc) is 3.19. The molecule has 36 heavy (non-hydrogen) atoms. The molecule has 0 bridgehead atoms. The number of benzene rings is 3. The Morgan fingerprint density at radius 1 is 0.833 bits per heavy atom. The predicted octanol–water partition coefficient (Wildman–Crippen LogP) is 6.19. The lowest BCUT2D eigenvalue weighted by molar-refractivity contribution is -0.122. The van der Waals surface area contributed by atoms with Crippen molar-refractivity contribution in [3.63, 3.8) is 0 Å². The van der Waals surface area contributed by atoms with Crippen molar-refractivity contribution in [2.75, 3.05) is 4.90 Å². The van der Waals surface area contributed by atoms with Crippen molar-refractivity contribution < 1.29 is 14.4 Å². The van der Waals surface area contributed by atoms with E-state index in [2.05, 4.69) is 25.8 Å². The van der Waals surface area contributed by atoms with Crippen molar-refractivity contribution in [2.45, 2.75) is 13.8 Å². The van der Waals surface area contributed by atoms with Gasteiger partial charge >= 0.3 is 6.03 Å². The Hall–Kier alpha value is -4.23. The van der Waals surface area contributed by atoms with Crippen LogP contribution in [0.25, 0.3) is 23.0 Å². The number of nitrogens with one attached hydrogen (secondary N) is 1. The Kier molecular flexibility index (Phi) is 6.16. The minimum atomic E-state index is -0.770. The molecule has 5 rings (SSSR count). The molecule has 7 heteroatoms. The molecule has 1 fully saturated rings. The Morgan fingerprint density at radius 2 is 1.50 bits per heavy atom. The highest BCUT2D eigenvalue weighted by molar-refractivity contribution is 9.10. The van der Waals surface area contributed by atoms with Crippen molar-refractivity contribution in [1.29, 1.82) is 0 Å². The van der Waals surface area contributed by atoms with Crippen LogP contribution in [0, 0.1) is 13.8 Å². The second-order valence-electron chi connectivity index (χ2n) is 8.52. The van der Waals surface area contributed by atoms with Crippen LogP contribution in [0.2, 0.25) is 0 Å². The van der Waals surface area contributed by atoms with E-state index in [-0.39, 0.29) is 5.57 Å². The summed E-state index contributed by atoms with van der Waals surface area (Å²) in [6, 6.07) is 26.1. The van der Waals surface area contributed by atoms with Gasteiger partial charge in [0.15, 0.2) is 0 Å². The lowest BCUT2D eigenvalue weighted by Gasteiger charge is -2.27. The Morgan fingerprint density at radius 3 is 2.17 bits per heavy atom. The van der Waals surface area contributed by atoms with Crippen molar-refractivity contribution in [3.8, 4) is 16.9 Å². The van der Waals surface area contributed by atoms with Gasteiger partial charge in [-0.05, 0) is 67.4 Å². The lowest BCUT2D eigenvalue weighted by Crippen LogP contribution is -2.54. The molecule has 0 saturated carbocycles. The first-order valence-electron chi connectivity index (χ1n) is 11.4. The lowest BCUT2D eigenvalue weighted by atomic mass is 10.0. The number of halogens is 1. The maximum absolute atomic E-state index is 13.6. The highest BCUT2D eigenvalue weighted by Gasteiger charge is 2.37. The first kappa shape index (κ1) is 23.5. The van der Waals surface area contributed by atoms with E-state index in [0.29, 0.717) is 11.3 Å². The number of anilines is 1. The number of aryl methyl sites for hydroxylation is 2. The van der Waals surface area contributed by atoms with Gasteiger partial charge in [-0.15, -0.1) is 0 Å². The average molecular weight is 540 g/mol. The Labute approximate surface area is 217 Å². The van der Waals surface area contributed by atoms with Crippen LogP contribution in [-0.2, 0) is 9.59 Å². The number of rotatable bonds is 4. The number of para-hydroxylation sites is 1. The molecule has 1 N–H and O–H groups in total. The van der Waals surface area contributed by atoms with Crippen LogP contribution in [0.15, 0.2) is 95.0 Å².